The molecule has 3 aromatic rings. The van der Waals surface area contributed by atoms with Crippen LogP contribution in [0.25, 0.3) is 0 Å². The van der Waals surface area contributed by atoms with Crippen molar-refractivity contribution in [3.8, 4) is 0 Å². The number of benzene rings is 3. The SMILES string of the molecule is O=[N+]([O-])c1ccc2c(c1)[C@@H]1[C@H](Cl)[C@H](Sc3ccccc3[N+](=O)[O-])C[C@H]1[C@H](c1ccc(F)cc1)N2. The molecule has 1 aliphatic heterocycles. The molecule has 0 saturated heterocycles. The van der Waals surface area contributed by atoms with Crippen LogP contribution in [0.2, 0.25) is 0 Å². The van der Waals surface area contributed by atoms with Gasteiger partial charge in [0.25, 0.3) is 11.4 Å². The quantitative estimate of drug-likeness (QED) is 0.239. The number of nitro groups is 2. The van der Waals surface area contributed by atoms with Crippen molar-refractivity contribution in [2.45, 2.75) is 33.9 Å². The van der Waals surface area contributed by atoms with Crippen molar-refractivity contribution in [3.05, 3.63) is 104 Å². The summed E-state index contributed by atoms with van der Waals surface area (Å²) in [5.41, 5.74) is 2.42. The fourth-order valence-corrected chi connectivity index (χ4v) is 7.03. The summed E-state index contributed by atoms with van der Waals surface area (Å²) in [5, 5.41) is 25.9. The number of nitrogens with one attached hydrogen (secondary N) is 1. The van der Waals surface area contributed by atoms with Crippen LogP contribution in [0, 0.1) is 32.0 Å². The first kappa shape index (κ1) is 22.6. The third-order valence-electron chi connectivity index (χ3n) is 6.58. The maximum Gasteiger partial charge on any atom is 0.282 e. The molecule has 0 aromatic heterocycles. The molecule has 1 aliphatic carbocycles. The van der Waals surface area contributed by atoms with Crippen molar-refractivity contribution in [1.29, 1.82) is 0 Å². The number of hydrogen-bond acceptors (Lipinski definition) is 6. The van der Waals surface area contributed by atoms with E-state index in [1.54, 1.807) is 42.5 Å². The Morgan fingerprint density at radius 2 is 1.74 bits per heavy atom. The topological polar surface area (TPSA) is 98.3 Å². The molecule has 1 saturated carbocycles. The summed E-state index contributed by atoms with van der Waals surface area (Å²) in [5.74, 6) is -0.588. The molecular weight excluding hydrogens is 481 g/mol. The van der Waals surface area contributed by atoms with Crippen LogP contribution < -0.4 is 5.32 Å². The number of hydrogen-bond donors (Lipinski definition) is 1. The molecule has 0 amide bonds. The summed E-state index contributed by atoms with van der Waals surface area (Å²) in [6.45, 7) is 0. The third-order valence-corrected chi connectivity index (χ3v) is 8.69. The first-order valence-electron chi connectivity index (χ1n) is 10.7. The molecule has 3 aromatic carbocycles. The standard InChI is InChI=1S/C24H19ClFN3O4S/c25-23-21(34-20-4-2-1-3-19(20)29(32)33)12-17-22(23)16-11-15(28(30)31)9-10-18(16)27-24(17)13-5-7-14(26)8-6-13/h1-11,17,21-24,27H,12H2/t17-,21-,22+,23-,24+/m1/s1. The molecule has 34 heavy (non-hydrogen) atoms. The van der Waals surface area contributed by atoms with E-state index in [-0.39, 0.29) is 40.3 Å². The van der Waals surface area contributed by atoms with Gasteiger partial charge in [0.2, 0.25) is 0 Å². The molecule has 1 heterocycles. The Hall–Kier alpha value is -3.17. The van der Waals surface area contributed by atoms with Gasteiger partial charge in [-0.2, -0.15) is 0 Å². The molecular formula is C24H19ClFN3O4S. The number of alkyl halides is 1. The number of para-hydroxylation sites is 1. The van der Waals surface area contributed by atoms with Gasteiger partial charge in [0.15, 0.2) is 0 Å². The molecule has 5 atom stereocenters. The minimum atomic E-state index is -0.431. The summed E-state index contributed by atoms with van der Waals surface area (Å²) < 4.78 is 13.6. The average Bonchev–Trinajstić information content (AvgIpc) is 3.15. The van der Waals surface area contributed by atoms with Crippen LogP contribution in [0.5, 0.6) is 0 Å². The van der Waals surface area contributed by atoms with Crippen molar-refractivity contribution in [3.63, 3.8) is 0 Å². The van der Waals surface area contributed by atoms with Crippen LogP contribution in [-0.2, 0) is 0 Å². The predicted molar refractivity (Wildman–Crippen MR) is 129 cm³/mol. The molecule has 5 rings (SSSR count). The molecule has 1 N–H and O–H groups in total. The lowest BCUT2D eigenvalue weighted by molar-refractivity contribution is -0.387. The predicted octanol–water partition coefficient (Wildman–Crippen LogP) is 6.68. The normalized spacial score (nSPS) is 25.2. The van der Waals surface area contributed by atoms with E-state index in [1.165, 1.54) is 36.0 Å². The molecule has 0 radical (unpaired) electrons. The second-order valence-corrected chi connectivity index (χ2v) is 10.2. The van der Waals surface area contributed by atoms with E-state index < -0.39 is 15.2 Å². The highest BCUT2D eigenvalue weighted by Gasteiger charge is 2.50. The number of non-ortho nitro benzene ring substituents is 1. The van der Waals surface area contributed by atoms with E-state index in [0.717, 1.165) is 16.8 Å². The Morgan fingerprint density at radius 1 is 1.00 bits per heavy atom. The van der Waals surface area contributed by atoms with E-state index in [4.69, 9.17) is 11.6 Å². The van der Waals surface area contributed by atoms with Gasteiger partial charge < -0.3 is 5.32 Å². The van der Waals surface area contributed by atoms with E-state index in [0.29, 0.717) is 11.3 Å². The largest absolute Gasteiger partial charge is 0.378 e. The van der Waals surface area contributed by atoms with Gasteiger partial charge in [0.05, 0.1) is 26.2 Å². The lowest BCUT2D eigenvalue weighted by atomic mass is 9.77. The Balaban J connectivity index is 1.55. The number of anilines is 1. The van der Waals surface area contributed by atoms with Gasteiger partial charge >= 0.3 is 0 Å². The lowest BCUT2D eigenvalue weighted by Crippen LogP contribution is -2.31. The molecule has 174 valence electrons. The lowest BCUT2D eigenvalue weighted by Gasteiger charge is -2.38. The van der Waals surface area contributed by atoms with E-state index in [9.17, 15) is 24.6 Å². The van der Waals surface area contributed by atoms with Gasteiger partial charge in [-0.15, -0.1) is 23.4 Å². The number of halogens is 2. The molecule has 0 unspecified atom stereocenters. The highest BCUT2D eigenvalue weighted by atomic mass is 35.5. The minimum absolute atomic E-state index is 0.0156. The van der Waals surface area contributed by atoms with Gasteiger partial charge in [0, 0.05) is 35.1 Å². The molecule has 1 fully saturated rings. The van der Waals surface area contributed by atoms with Crippen LogP contribution in [0.3, 0.4) is 0 Å². The van der Waals surface area contributed by atoms with Gasteiger partial charge in [-0.25, -0.2) is 4.39 Å². The van der Waals surface area contributed by atoms with E-state index in [1.807, 2.05) is 0 Å². The Kier molecular flexibility index (Phi) is 5.91. The summed E-state index contributed by atoms with van der Waals surface area (Å²) in [6, 6.07) is 17.3. The summed E-state index contributed by atoms with van der Waals surface area (Å²) in [4.78, 5) is 22.6. The zero-order chi connectivity index (χ0) is 24.0. The Morgan fingerprint density at radius 3 is 2.44 bits per heavy atom. The highest BCUT2D eigenvalue weighted by Crippen LogP contribution is 2.58. The molecule has 10 heteroatoms. The maximum absolute atomic E-state index is 13.6. The van der Waals surface area contributed by atoms with Crippen molar-refractivity contribution in [2.75, 3.05) is 5.32 Å². The molecule has 2 aliphatic rings. The first-order valence-corrected chi connectivity index (χ1v) is 12.0. The number of nitro benzene ring substituents is 2. The van der Waals surface area contributed by atoms with E-state index >= 15 is 0 Å². The Labute approximate surface area is 203 Å². The van der Waals surface area contributed by atoms with Crippen LogP contribution in [-0.4, -0.2) is 20.5 Å². The zero-order valence-electron chi connectivity index (χ0n) is 17.6. The van der Waals surface area contributed by atoms with Crippen LogP contribution in [0.15, 0.2) is 71.6 Å². The van der Waals surface area contributed by atoms with Crippen LogP contribution >= 0.6 is 23.4 Å². The van der Waals surface area contributed by atoms with Crippen molar-refractivity contribution < 1.29 is 14.2 Å². The summed E-state index contributed by atoms with van der Waals surface area (Å²) >= 11 is 8.39. The molecule has 7 nitrogen and oxygen atoms in total. The second-order valence-electron chi connectivity index (χ2n) is 8.45. The van der Waals surface area contributed by atoms with Crippen molar-refractivity contribution in [1.82, 2.24) is 0 Å². The van der Waals surface area contributed by atoms with Crippen LogP contribution in [0.1, 0.15) is 29.5 Å². The van der Waals surface area contributed by atoms with Gasteiger partial charge in [-0.05, 0) is 47.7 Å². The molecule has 0 bridgehead atoms. The molecule has 0 spiro atoms. The first-order chi connectivity index (χ1) is 16.3. The second kappa shape index (κ2) is 8.88. The van der Waals surface area contributed by atoms with Gasteiger partial charge in [-0.1, -0.05) is 24.3 Å². The number of thioether (sulfide) groups is 1. The average molecular weight is 500 g/mol. The third kappa shape index (κ3) is 3.99. The van der Waals surface area contributed by atoms with Gasteiger partial charge in [-0.3, -0.25) is 20.2 Å². The van der Waals surface area contributed by atoms with Crippen molar-refractivity contribution >= 4 is 40.4 Å². The minimum Gasteiger partial charge on any atom is -0.378 e. The zero-order valence-corrected chi connectivity index (χ0v) is 19.2. The number of fused-ring (bicyclic) bond motifs is 3. The monoisotopic (exact) mass is 499 g/mol. The number of rotatable bonds is 5. The fraction of sp³-hybridized carbons (Fsp3) is 0.250. The van der Waals surface area contributed by atoms with Crippen LogP contribution in [0.4, 0.5) is 21.5 Å². The van der Waals surface area contributed by atoms with Gasteiger partial charge in [0.1, 0.15) is 5.82 Å². The number of nitrogens with zero attached hydrogens (tertiary/aromatic N) is 2. The Bertz CT molecular complexity index is 1280. The summed E-state index contributed by atoms with van der Waals surface area (Å²) in [6.07, 6.45) is 0.632. The van der Waals surface area contributed by atoms with E-state index in [2.05, 4.69) is 5.32 Å². The fourth-order valence-electron chi connectivity index (χ4n) is 5.09. The highest BCUT2D eigenvalue weighted by molar-refractivity contribution is 8.00. The smallest absolute Gasteiger partial charge is 0.282 e. The summed E-state index contributed by atoms with van der Waals surface area (Å²) in [7, 11) is 0. The maximum atomic E-state index is 13.6. The van der Waals surface area contributed by atoms with Crippen molar-refractivity contribution in [2.24, 2.45) is 5.92 Å².